The highest BCUT2D eigenvalue weighted by atomic mass is 32.2. The normalized spacial score (nSPS) is 14.0. The number of anilines is 1. The van der Waals surface area contributed by atoms with Crippen LogP contribution in [0.5, 0.6) is 0 Å². The van der Waals surface area contributed by atoms with Crippen molar-refractivity contribution < 1.29 is 18.0 Å². The van der Waals surface area contributed by atoms with Gasteiger partial charge in [0.05, 0.1) is 5.56 Å². The molecule has 1 aliphatic heterocycles. The average Bonchev–Trinajstić information content (AvgIpc) is 3.37. The number of alkyl halides is 3. The van der Waals surface area contributed by atoms with Crippen LogP contribution in [0.1, 0.15) is 35.4 Å². The lowest BCUT2D eigenvalue weighted by Crippen LogP contribution is -2.48. The Bertz CT molecular complexity index is 1450. The molecule has 2 heterocycles. The van der Waals surface area contributed by atoms with E-state index in [0.717, 1.165) is 28.3 Å². The summed E-state index contributed by atoms with van der Waals surface area (Å²) in [6, 6.07) is 23.8. The fourth-order valence-electron chi connectivity index (χ4n) is 4.88. The zero-order valence-corrected chi connectivity index (χ0v) is 23.7. The molecule has 0 radical (unpaired) electrons. The first-order valence-corrected chi connectivity index (χ1v) is 14.6. The number of carbonyl (C=O) groups excluding carboxylic acids is 1. The molecule has 0 unspecified atom stereocenters. The molecule has 0 atom stereocenters. The van der Waals surface area contributed by atoms with Gasteiger partial charge in [-0.15, -0.1) is 10.2 Å². The van der Waals surface area contributed by atoms with E-state index in [-0.39, 0.29) is 5.91 Å². The number of thioether (sulfide) groups is 1. The van der Waals surface area contributed by atoms with E-state index in [0.29, 0.717) is 56.9 Å². The molecular formula is C31H32F3N5OS. The number of benzene rings is 3. The van der Waals surface area contributed by atoms with Gasteiger partial charge in [0.1, 0.15) is 5.82 Å². The highest BCUT2D eigenvalue weighted by Crippen LogP contribution is 2.32. The molecule has 1 fully saturated rings. The fraction of sp³-hybridized carbons (Fsp3) is 0.323. The first-order chi connectivity index (χ1) is 19.8. The number of aromatic nitrogens is 3. The number of nitrogens with zero attached hydrogens (tertiary/aromatic N) is 5. The van der Waals surface area contributed by atoms with E-state index >= 15 is 0 Å². The van der Waals surface area contributed by atoms with Crippen molar-refractivity contribution in [1.82, 2.24) is 19.7 Å². The maximum absolute atomic E-state index is 13.1. The molecule has 0 aliphatic carbocycles. The second kappa shape index (κ2) is 12.8. The molecule has 10 heteroatoms. The molecule has 0 spiro atoms. The van der Waals surface area contributed by atoms with Gasteiger partial charge in [0, 0.05) is 56.1 Å². The first kappa shape index (κ1) is 28.7. The number of aryl methyl sites for hydroxylation is 1. The molecule has 6 nitrogen and oxygen atoms in total. The Kier molecular flexibility index (Phi) is 8.97. The maximum atomic E-state index is 13.1. The van der Waals surface area contributed by atoms with Gasteiger partial charge in [0.15, 0.2) is 5.16 Å². The monoisotopic (exact) mass is 579 g/mol. The Morgan fingerprint density at radius 2 is 1.61 bits per heavy atom. The zero-order valence-electron chi connectivity index (χ0n) is 22.8. The largest absolute Gasteiger partial charge is 0.416 e. The Balaban J connectivity index is 1.15. The molecule has 0 N–H and O–H groups in total. The van der Waals surface area contributed by atoms with E-state index in [1.54, 1.807) is 17.8 Å². The Morgan fingerprint density at radius 1 is 0.878 bits per heavy atom. The number of hydrogen-bond donors (Lipinski definition) is 0. The van der Waals surface area contributed by atoms with Crippen LogP contribution < -0.4 is 4.90 Å². The molecule has 1 saturated heterocycles. The first-order valence-electron chi connectivity index (χ1n) is 13.7. The molecule has 1 aliphatic rings. The molecule has 41 heavy (non-hydrogen) atoms. The predicted molar refractivity (Wildman–Crippen MR) is 156 cm³/mol. The van der Waals surface area contributed by atoms with Gasteiger partial charge in [-0.2, -0.15) is 13.2 Å². The summed E-state index contributed by atoms with van der Waals surface area (Å²) in [6.07, 6.45) is -2.62. The van der Waals surface area contributed by atoms with Gasteiger partial charge in [-0.25, -0.2) is 0 Å². The molecular weight excluding hydrogens is 547 g/mol. The van der Waals surface area contributed by atoms with Crippen LogP contribution >= 0.6 is 11.8 Å². The van der Waals surface area contributed by atoms with E-state index in [4.69, 9.17) is 0 Å². The van der Waals surface area contributed by atoms with Crippen LogP contribution in [0.4, 0.5) is 18.9 Å². The summed E-state index contributed by atoms with van der Waals surface area (Å²) in [5, 5.41) is 9.77. The minimum atomic E-state index is -4.37. The lowest BCUT2D eigenvalue weighted by molar-refractivity contribution is -0.137. The van der Waals surface area contributed by atoms with Crippen LogP contribution in [0, 0.1) is 6.92 Å². The van der Waals surface area contributed by atoms with Gasteiger partial charge in [-0.05, 0) is 49.2 Å². The van der Waals surface area contributed by atoms with Crippen molar-refractivity contribution in [1.29, 1.82) is 0 Å². The second-order valence-electron chi connectivity index (χ2n) is 10.1. The molecule has 4 aromatic rings. The minimum absolute atomic E-state index is 0.0686. The number of carbonyl (C=O) groups is 1. The van der Waals surface area contributed by atoms with Gasteiger partial charge in [0.2, 0.25) is 5.91 Å². The van der Waals surface area contributed by atoms with Crippen LogP contribution in [0.15, 0.2) is 84.0 Å². The lowest BCUT2D eigenvalue weighted by atomic mass is 10.1. The summed E-state index contributed by atoms with van der Waals surface area (Å²) in [7, 11) is 0. The number of halogens is 3. The van der Waals surface area contributed by atoms with Crippen molar-refractivity contribution >= 4 is 23.4 Å². The Hall–Kier alpha value is -3.79. The third-order valence-electron chi connectivity index (χ3n) is 7.13. The maximum Gasteiger partial charge on any atom is 0.416 e. The number of amides is 1. The lowest BCUT2D eigenvalue weighted by Gasteiger charge is -2.36. The van der Waals surface area contributed by atoms with Crippen molar-refractivity contribution in [2.75, 3.05) is 36.8 Å². The minimum Gasteiger partial charge on any atom is -0.368 e. The van der Waals surface area contributed by atoms with Crippen LogP contribution in [0.2, 0.25) is 0 Å². The molecule has 1 aromatic heterocycles. The highest BCUT2D eigenvalue weighted by molar-refractivity contribution is 7.99. The van der Waals surface area contributed by atoms with Gasteiger partial charge in [0.25, 0.3) is 0 Å². The third-order valence-corrected chi connectivity index (χ3v) is 8.15. The van der Waals surface area contributed by atoms with Gasteiger partial charge in [-0.1, -0.05) is 65.9 Å². The average molecular weight is 580 g/mol. The molecule has 5 rings (SSSR count). The molecule has 1 amide bonds. The van der Waals surface area contributed by atoms with E-state index in [1.165, 1.54) is 17.7 Å². The van der Waals surface area contributed by atoms with Crippen LogP contribution in [0.3, 0.4) is 0 Å². The van der Waals surface area contributed by atoms with Crippen LogP contribution in [-0.4, -0.2) is 57.5 Å². The predicted octanol–water partition coefficient (Wildman–Crippen LogP) is 6.41. The van der Waals surface area contributed by atoms with Gasteiger partial charge < -0.3 is 9.80 Å². The van der Waals surface area contributed by atoms with Crippen molar-refractivity contribution in [2.45, 2.75) is 37.5 Å². The van der Waals surface area contributed by atoms with E-state index in [2.05, 4.69) is 58.1 Å². The number of rotatable bonds is 9. The topological polar surface area (TPSA) is 54.3 Å². The summed E-state index contributed by atoms with van der Waals surface area (Å²) in [4.78, 5) is 16.6. The number of piperazine rings is 1. The van der Waals surface area contributed by atoms with E-state index in [9.17, 15) is 18.0 Å². The third kappa shape index (κ3) is 7.30. The fourth-order valence-corrected chi connectivity index (χ4v) is 5.79. The Labute approximate surface area is 242 Å². The zero-order chi connectivity index (χ0) is 28.8. The van der Waals surface area contributed by atoms with Crippen molar-refractivity contribution in [2.24, 2.45) is 0 Å². The summed E-state index contributed by atoms with van der Waals surface area (Å²) >= 11 is 1.59. The van der Waals surface area contributed by atoms with Gasteiger partial charge in [-0.3, -0.25) is 9.36 Å². The van der Waals surface area contributed by atoms with Crippen LogP contribution in [0.25, 0.3) is 5.69 Å². The second-order valence-corrected chi connectivity index (χ2v) is 11.2. The van der Waals surface area contributed by atoms with Crippen molar-refractivity contribution in [3.8, 4) is 5.69 Å². The molecule has 214 valence electrons. The Morgan fingerprint density at radius 3 is 2.32 bits per heavy atom. The molecule has 3 aromatic carbocycles. The molecule has 0 saturated carbocycles. The van der Waals surface area contributed by atoms with E-state index in [1.807, 2.05) is 28.0 Å². The molecule has 0 bridgehead atoms. The number of hydrogen-bond acceptors (Lipinski definition) is 5. The highest BCUT2D eigenvalue weighted by Gasteiger charge is 2.31. The quantitative estimate of drug-likeness (QED) is 0.170. The summed E-state index contributed by atoms with van der Waals surface area (Å²) in [5.41, 5.74) is 3.21. The summed E-state index contributed by atoms with van der Waals surface area (Å²) in [6.45, 7) is 4.05. The summed E-state index contributed by atoms with van der Waals surface area (Å²) < 4.78 is 41.4. The SMILES string of the molecule is Cc1ccc(-n2c(Cc3ccccc3)nnc2SCCCC(=O)N2CCN(c3cccc(C(F)(F)F)c3)CC2)cc1. The van der Waals surface area contributed by atoms with Crippen molar-refractivity contribution in [3.05, 3.63) is 101 Å². The van der Waals surface area contributed by atoms with E-state index < -0.39 is 11.7 Å². The van der Waals surface area contributed by atoms with Crippen LogP contribution in [-0.2, 0) is 17.4 Å². The smallest absolute Gasteiger partial charge is 0.368 e. The summed E-state index contributed by atoms with van der Waals surface area (Å²) in [5.74, 6) is 1.64. The van der Waals surface area contributed by atoms with Crippen molar-refractivity contribution in [3.63, 3.8) is 0 Å². The standard InChI is InChI=1S/C31H32F3N5OS/c1-23-12-14-26(15-13-23)39-28(21-24-7-3-2-4-8-24)35-36-30(39)41-20-6-11-29(40)38-18-16-37(17-19-38)27-10-5-9-25(22-27)31(32,33)34/h2-5,7-10,12-15,22H,6,11,16-21H2,1H3. The van der Waals surface area contributed by atoms with Gasteiger partial charge >= 0.3 is 6.18 Å².